The van der Waals surface area contributed by atoms with Gasteiger partial charge in [-0.05, 0) is 37.8 Å². The standard InChI is InChI=1S/C16H25N3O/c1-11(2)14-9-13(10-15(17)18-14)16(20)19-8-6-4-5-7-12(19)3/h9-12H,4-8H2,1-3H3,(H2,17,18). The molecule has 0 saturated carbocycles. The Kier molecular flexibility index (Phi) is 4.63. The number of rotatable bonds is 2. The van der Waals surface area contributed by atoms with Crippen molar-refractivity contribution in [1.29, 1.82) is 0 Å². The van der Waals surface area contributed by atoms with E-state index in [0.717, 1.165) is 25.1 Å². The average molecular weight is 275 g/mol. The lowest BCUT2D eigenvalue weighted by atomic mass is 10.1. The molecule has 1 aliphatic rings. The molecule has 2 rings (SSSR count). The molecule has 0 radical (unpaired) electrons. The smallest absolute Gasteiger partial charge is 0.254 e. The highest BCUT2D eigenvalue weighted by Crippen LogP contribution is 2.21. The number of carbonyl (C=O) groups excluding carboxylic acids is 1. The Morgan fingerprint density at radius 2 is 2.10 bits per heavy atom. The van der Waals surface area contributed by atoms with Crippen LogP contribution in [0.25, 0.3) is 0 Å². The maximum atomic E-state index is 12.7. The molecule has 1 fully saturated rings. The predicted molar refractivity (Wildman–Crippen MR) is 81.7 cm³/mol. The minimum atomic E-state index is 0.0930. The van der Waals surface area contributed by atoms with Gasteiger partial charge < -0.3 is 10.6 Å². The number of aromatic nitrogens is 1. The molecule has 1 unspecified atom stereocenters. The van der Waals surface area contributed by atoms with Crippen molar-refractivity contribution in [3.05, 3.63) is 23.4 Å². The van der Waals surface area contributed by atoms with E-state index in [-0.39, 0.29) is 11.8 Å². The fourth-order valence-corrected chi connectivity index (χ4v) is 2.74. The summed E-state index contributed by atoms with van der Waals surface area (Å²) >= 11 is 0. The summed E-state index contributed by atoms with van der Waals surface area (Å²) in [5.74, 6) is 0.795. The van der Waals surface area contributed by atoms with Crippen molar-refractivity contribution in [3.63, 3.8) is 0 Å². The van der Waals surface area contributed by atoms with Crippen LogP contribution in [-0.2, 0) is 0 Å². The number of hydrogen-bond acceptors (Lipinski definition) is 3. The van der Waals surface area contributed by atoms with Crippen LogP contribution in [0.15, 0.2) is 12.1 Å². The first-order chi connectivity index (χ1) is 9.49. The van der Waals surface area contributed by atoms with Crippen LogP contribution in [0.2, 0.25) is 0 Å². The number of pyridine rings is 1. The van der Waals surface area contributed by atoms with Crippen LogP contribution in [0.3, 0.4) is 0 Å². The lowest BCUT2D eigenvalue weighted by Gasteiger charge is -2.27. The molecular formula is C16H25N3O. The minimum absolute atomic E-state index is 0.0930. The third-order valence-corrected chi connectivity index (χ3v) is 4.02. The maximum absolute atomic E-state index is 12.7. The Morgan fingerprint density at radius 1 is 1.35 bits per heavy atom. The topological polar surface area (TPSA) is 59.2 Å². The summed E-state index contributed by atoms with van der Waals surface area (Å²) in [6.45, 7) is 7.10. The monoisotopic (exact) mass is 275 g/mol. The van der Waals surface area contributed by atoms with Crippen molar-refractivity contribution in [2.24, 2.45) is 0 Å². The van der Waals surface area contributed by atoms with Crippen molar-refractivity contribution in [2.45, 2.75) is 58.4 Å². The number of nitrogens with zero attached hydrogens (tertiary/aromatic N) is 2. The van der Waals surface area contributed by atoms with E-state index in [9.17, 15) is 4.79 Å². The highest BCUT2D eigenvalue weighted by Gasteiger charge is 2.24. The molecule has 2 heterocycles. The molecule has 20 heavy (non-hydrogen) atoms. The van der Waals surface area contributed by atoms with Crippen LogP contribution in [0.4, 0.5) is 5.82 Å². The molecule has 1 saturated heterocycles. The zero-order valence-electron chi connectivity index (χ0n) is 12.7. The molecule has 0 spiro atoms. The summed E-state index contributed by atoms with van der Waals surface area (Å²) in [5, 5.41) is 0. The van der Waals surface area contributed by atoms with Crippen molar-refractivity contribution in [1.82, 2.24) is 9.88 Å². The molecule has 0 aromatic carbocycles. The van der Waals surface area contributed by atoms with Crippen molar-refractivity contribution < 1.29 is 4.79 Å². The van der Waals surface area contributed by atoms with Crippen LogP contribution in [-0.4, -0.2) is 28.4 Å². The molecule has 1 atom stereocenters. The van der Waals surface area contributed by atoms with E-state index in [1.807, 2.05) is 11.0 Å². The Hall–Kier alpha value is -1.58. The molecule has 0 bridgehead atoms. The Labute approximate surface area is 121 Å². The molecule has 1 aliphatic heterocycles. The molecule has 2 N–H and O–H groups in total. The summed E-state index contributed by atoms with van der Waals surface area (Å²) in [5.41, 5.74) is 7.41. The number of nitrogen functional groups attached to an aromatic ring is 1. The molecule has 0 aliphatic carbocycles. The first-order valence-electron chi connectivity index (χ1n) is 7.57. The van der Waals surface area contributed by atoms with Gasteiger partial charge in [0.2, 0.25) is 0 Å². The molecular weight excluding hydrogens is 250 g/mol. The van der Waals surface area contributed by atoms with Gasteiger partial charge in [0.15, 0.2) is 0 Å². The molecule has 1 aromatic rings. The van der Waals surface area contributed by atoms with Gasteiger partial charge in [-0.25, -0.2) is 4.98 Å². The van der Waals surface area contributed by atoms with Gasteiger partial charge in [0.1, 0.15) is 5.82 Å². The maximum Gasteiger partial charge on any atom is 0.254 e. The van der Waals surface area contributed by atoms with E-state index in [1.54, 1.807) is 6.07 Å². The van der Waals surface area contributed by atoms with Gasteiger partial charge in [0.05, 0.1) is 0 Å². The highest BCUT2D eigenvalue weighted by molar-refractivity contribution is 5.95. The average Bonchev–Trinajstić information content (AvgIpc) is 2.62. The minimum Gasteiger partial charge on any atom is -0.384 e. The fourth-order valence-electron chi connectivity index (χ4n) is 2.74. The highest BCUT2D eigenvalue weighted by atomic mass is 16.2. The van der Waals surface area contributed by atoms with Crippen LogP contribution in [0.5, 0.6) is 0 Å². The molecule has 4 heteroatoms. The van der Waals surface area contributed by atoms with E-state index < -0.39 is 0 Å². The third kappa shape index (κ3) is 3.30. The van der Waals surface area contributed by atoms with E-state index in [2.05, 4.69) is 25.8 Å². The van der Waals surface area contributed by atoms with Crippen LogP contribution in [0, 0.1) is 0 Å². The van der Waals surface area contributed by atoms with Crippen LogP contribution < -0.4 is 5.73 Å². The predicted octanol–water partition coefficient (Wildman–Crippen LogP) is 3.19. The van der Waals surface area contributed by atoms with Gasteiger partial charge in [-0.1, -0.05) is 26.7 Å². The van der Waals surface area contributed by atoms with Crippen LogP contribution >= 0.6 is 0 Å². The Morgan fingerprint density at radius 3 is 2.80 bits per heavy atom. The van der Waals surface area contributed by atoms with E-state index in [0.29, 0.717) is 17.4 Å². The van der Waals surface area contributed by atoms with E-state index in [4.69, 9.17) is 5.73 Å². The molecule has 1 amide bonds. The summed E-state index contributed by atoms with van der Waals surface area (Å²) in [7, 11) is 0. The van der Waals surface area contributed by atoms with Gasteiger partial charge in [0, 0.05) is 23.8 Å². The lowest BCUT2D eigenvalue weighted by Crippen LogP contribution is -2.38. The normalized spacial score (nSPS) is 20.0. The quantitative estimate of drug-likeness (QED) is 0.901. The second-order valence-corrected chi connectivity index (χ2v) is 6.06. The first-order valence-corrected chi connectivity index (χ1v) is 7.57. The summed E-state index contributed by atoms with van der Waals surface area (Å²) in [6.07, 6.45) is 4.60. The van der Waals surface area contributed by atoms with E-state index in [1.165, 1.54) is 12.8 Å². The molecule has 4 nitrogen and oxygen atoms in total. The van der Waals surface area contributed by atoms with E-state index >= 15 is 0 Å². The summed E-state index contributed by atoms with van der Waals surface area (Å²) in [6, 6.07) is 3.90. The Bertz CT molecular complexity index is 485. The SMILES string of the molecule is CC(C)c1cc(C(=O)N2CCCCCC2C)cc(N)n1. The van der Waals surface area contributed by atoms with Crippen molar-refractivity contribution in [3.8, 4) is 0 Å². The van der Waals surface area contributed by atoms with Crippen molar-refractivity contribution >= 4 is 11.7 Å². The Balaban J connectivity index is 2.27. The number of hydrogen-bond donors (Lipinski definition) is 1. The number of carbonyl (C=O) groups is 1. The number of anilines is 1. The summed E-state index contributed by atoms with van der Waals surface area (Å²) in [4.78, 5) is 19.0. The molecule has 1 aromatic heterocycles. The largest absolute Gasteiger partial charge is 0.384 e. The fraction of sp³-hybridized carbons (Fsp3) is 0.625. The number of amides is 1. The zero-order valence-corrected chi connectivity index (χ0v) is 12.7. The first kappa shape index (κ1) is 14.8. The third-order valence-electron chi connectivity index (χ3n) is 4.02. The number of nitrogens with two attached hydrogens (primary N) is 1. The second kappa shape index (κ2) is 6.25. The van der Waals surface area contributed by atoms with Crippen LogP contribution in [0.1, 0.15) is 68.4 Å². The van der Waals surface area contributed by atoms with Gasteiger partial charge in [-0.15, -0.1) is 0 Å². The van der Waals surface area contributed by atoms with Gasteiger partial charge >= 0.3 is 0 Å². The van der Waals surface area contributed by atoms with Gasteiger partial charge in [-0.3, -0.25) is 4.79 Å². The van der Waals surface area contributed by atoms with Crippen molar-refractivity contribution in [2.75, 3.05) is 12.3 Å². The lowest BCUT2D eigenvalue weighted by molar-refractivity contribution is 0.0697. The molecule has 110 valence electrons. The summed E-state index contributed by atoms with van der Waals surface area (Å²) < 4.78 is 0. The second-order valence-electron chi connectivity index (χ2n) is 6.06. The van der Waals surface area contributed by atoms with Gasteiger partial charge in [-0.2, -0.15) is 0 Å². The number of likely N-dealkylation sites (tertiary alicyclic amines) is 1. The van der Waals surface area contributed by atoms with Gasteiger partial charge in [0.25, 0.3) is 5.91 Å². The zero-order chi connectivity index (χ0) is 14.7.